The number of hydrogen-bond donors (Lipinski definition) is 2. The highest BCUT2D eigenvalue weighted by atomic mass is 35.5. The molecule has 1 amide bonds. The molecule has 0 unspecified atom stereocenters. The van der Waals surface area contributed by atoms with Crippen LogP contribution in [0.3, 0.4) is 0 Å². The number of benzene rings is 2. The summed E-state index contributed by atoms with van der Waals surface area (Å²) in [6.45, 7) is 2.98. The van der Waals surface area contributed by atoms with Crippen LogP contribution in [-0.2, 0) is 11.3 Å². The van der Waals surface area contributed by atoms with E-state index in [0.29, 0.717) is 36.0 Å². The van der Waals surface area contributed by atoms with Crippen LogP contribution in [0.5, 0.6) is 11.5 Å². The minimum atomic E-state index is -0.0195. The molecule has 0 spiro atoms. The lowest BCUT2D eigenvalue weighted by atomic mass is 10.2. The fourth-order valence-corrected chi connectivity index (χ4v) is 2.64. The fourth-order valence-electron chi connectivity index (χ4n) is 2.42. The molecule has 0 heterocycles. The van der Waals surface area contributed by atoms with Gasteiger partial charge in [0.05, 0.1) is 14.2 Å². The fraction of sp³-hybridized carbons (Fsp3) is 0.316. The molecule has 0 fully saturated rings. The maximum Gasteiger partial charge on any atom is 0.222 e. The first kappa shape index (κ1) is 18.9. The van der Waals surface area contributed by atoms with Gasteiger partial charge in [-0.1, -0.05) is 17.7 Å². The van der Waals surface area contributed by atoms with E-state index in [1.54, 1.807) is 14.2 Å². The molecule has 0 aliphatic carbocycles. The van der Waals surface area contributed by atoms with Gasteiger partial charge in [-0.15, -0.1) is 0 Å². The lowest BCUT2D eigenvalue weighted by molar-refractivity contribution is -0.121. The van der Waals surface area contributed by atoms with Crippen molar-refractivity contribution in [1.29, 1.82) is 0 Å². The summed E-state index contributed by atoms with van der Waals surface area (Å²) in [7, 11) is 3.18. The Labute approximate surface area is 153 Å². The van der Waals surface area contributed by atoms with Gasteiger partial charge in [0, 0.05) is 30.2 Å². The van der Waals surface area contributed by atoms with Crippen LogP contribution in [0.2, 0.25) is 5.02 Å². The number of nitrogens with one attached hydrogen (secondary N) is 2. The summed E-state index contributed by atoms with van der Waals surface area (Å²) >= 11 is 5.93. The van der Waals surface area contributed by atoms with E-state index in [2.05, 4.69) is 10.6 Å². The normalized spacial score (nSPS) is 10.2. The van der Waals surface area contributed by atoms with Crippen molar-refractivity contribution in [3.8, 4) is 11.5 Å². The molecule has 6 heteroatoms. The van der Waals surface area contributed by atoms with E-state index in [-0.39, 0.29) is 5.91 Å². The van der Waals surface area contributed by atoms with E-state index in [4.69, 9.17) is 21.1 Å². The SMILES string of the molecule is COc1ccc(CNC(=O)CCNc2ccc(Cl)cc2C)cc1OC. The van der Waals surface area contributed by atoms with E-state index in [1.165, 1.54) is 0 Å². The van der Waals surface area contributed by atoms with Crippen molar-refractivity contribution < 1.29 is 14.3 Å². The van der Waals surface area contributed by atoms with Crippen molar-refractivity contribution in [1.82, 2.24) is 5.32 Å². The smallest absolute Gasteiger partial charge is 0.222 e. The number of anilines is 1. The second-order valence-electron chi connectivity index (χ2n) is 5.60. The molecule has 0 aliphatic rings. The summed E-state index contributed by atoms with van der Waals surface area (Å²) < 4.78 is 10.5. The van der Waals surface area contributed by atoms with Crippen LogP contribution in [0.25, 0.3) is 0 Å². The molecule has 0 radical (unpaired) electrons. The highest BCUT2D eigenvalue weighted by molar-refractivity contribution is 6.30. The van der Waals surface area contributed by atoms with Gasteiger partial charge in [0.2, 0.25) is 5.91 Å². The van der Waals surface area contributed by atoms with Gasteiger partial charge in [0.25, 0.3) is 0 Å². The first-order valence-electron chi connectivity index (χ1n) is 8.01. The number of amides is 1. The van der Waals surface area contributed by atoms with E-state index in [0.717, 1.165) is 16.8 Å². The molecule has 0 bridgehead atoms. The molecule has 2 N–H and O–H groups in total. The number of carbonyl (C=O) groups is 1. The number of hydrogen-bond acceptors (Lipinski definition) is 4. The van der Waals surface area contributed by atoms with Gasteiger partial charge < -0.3 is 20.1 Å². The Hall–Kier alpha value is -2.40. The summed E-state index contributed by atoms with van der Waals surface area (Å²) in [6, 6.07) is 11.2. The van der Waals surface area contributed by atoms with Crippen LogP contribution in [0.15, 0.2) is 36.4 Å². The summed E-state index contributed by atoms with van der Waals surface area (Å²) in [6.07, 6.45) is 0.384. The van der Waals surface area contributed by atoms with E-state index in [9.17, 15) is 4.79 Å². The van der Waals surface area contributed by atoms with Crippen molar-refractivity contribution in [2.75, 3.05) is 26.1 Å². The van der Waals surface area contributed by atoms with Gasteiger partial charge in [-0.25, -0.2) is 0 Å². The Kier molecular flexibility index (Phi) is 6.95. The number of rotatable bonds is 8. The number of carbonyl (C=O) groups excluding carboxylic acids is 1. The molecule has 134 valence electrons. The Morgan fingerprint density at radius 3 is 2.52 bits per heavy atom. The van der Waals surface area contributed by atoms with Crippen LogP contribution in [-0.4, -0.2) is 26.7 Å². The van der Waals surface area contributed by atoms with Gasteiger partial charge in [-0.2, -0.15) is 0 Å². The van der Waals surface area contributed by atoms with Crippen LogP contribution in [0.1, 0.15) is 17.5 Å². The molecule has 5 nitrogen and oxygen atoms in total. The summed E-state index contributed by atoms with van der Waals surface area (Å²) in [5.41, 5.74) is 2.99. The highest BCUT2D eigenvalue weighted by Gasteiger charge is 2.06. The van der Waals surface area contributed by atoms with E-state index < -0.39 is 0 Å². The Morgan fingerprint density at radius 2 is 1.84 bits per heavy atom. The van der Waals surface area contributed by atoms with E-state index in [1.807, 2.05) is 43.3 Å². The van der Waals surface area contributed by atoms with Crippen molar-refractivity contribution in [2.24, 2.45) is 0 Å². The molecule has 2 aromatic rings. The number of methoxy groups -OCH3 is 2. The van der Waals surface area contributed by atoms with Crippen LogP contribution >= 0.6 is 11.6 Å². The maximum absolute atomic E-state index is 12.0. The highest BCUT2D eigenvalue weighted by Crippen LogP contribution is 2.27. The molecule has 2 aromatic carbocycles. The molecule has 2 rings (SSSR count). The third kappa shape index (κ3) is 5.57. The number of halogens is 1. The minimum Gasteiger partial charge on any atom is -0.493 e. The molecule has 0 aromatic heterocycles. The Morgan fingerprint density at radius 1 is 1.08 bits per heavy atom. The van der Waals surface area contributed by atoms with Gasteiger partial charge in [0.1, 0.15) is 0 Å². The number of ether oxygens (including phenoxy) is 2. The maximum atomic E-state index is 12.0. The standard InChI is InChI=1S/C19H23ClN2O3/c1-13-10-15(20)5-6-16(13)21-9-8-19(23)22-12-14-4-7-17(24-2)18(11-14)25-3/h4-7,10-11,21H,8-9,12H2,1-3H3,(H,22,23). The Bertz CT molecular complexity index is 735. The van der Waals surface area contributed by atoms with Gasteiger partial charge >= 0.3 is 0 Å². The first-order chi connectivity index (χ1) is 12.0. The van der Waals surface area contributed by atoms with Crippen LogP contribution in [0, 0.1) is 6.92 Å². The second kappa shape index (κ2) is 9.18. The van der Waals surface area contributed by atoms with Crippen molar-refractivity contribution in [3.63, 3.8) is 0 Å². The molecule has 0 aliphatic heterocycles. The molecule has 0 saturated heterocycles. The van der Waals surface area contributed by atoms with Crippen LogP contribution in [0.4, 0.5) is 5.69 Å². The van der Waals surface area contributed by atoms with Gasteiger partial charge in [0.15, 0.2) is 11.5 Å². The zero-order chi connectivity index (χ0) is 18.2. The van der Waals surface area contributed by atoms with E-state index >= 15 is 0 Å². The lowest BCUT2D eigenvalue weighted by Gasteiger charge is -2.11. The minimum absolute atomic E-state index is 0.0195. The predicted molar refractivity (Wildman–Crippen MR) is 101 cm³/mol. The summed E-state index contributed by atoms with van der Waals surface area (Å²) in [5, 5.41) is 6.85. The molecular weight excluding hydrogens is 340 g/mol. The molecule has 0 saturated carbocycles. The molecule has 0 atom stereocenters. The molecule has 25 heavy (non-hydrogen) atoms. The third-order valence-electron chi connectivity index (χ3n) is 3.79. The van der Waals surface area contributed by atoms with Crippen LogP contribution < -0.4 is 20.1 Å². The summed E-state index contributed by atoms with van der Waals surface area (Å²) in [4.78, 5) is 12.0. The first-order valence-corrected chi connectivity index (χ1v) is 8.39. The largest absolute Gasteiger partial charge is 0.493 e. The number of aryl methyl sites for hydroxylation is 1. The second-order valence-corrected chi connectivity index (χ2v) is 6.04. The third-order valence-corrected chi connectivity index (χ3v) is 4.03. The predicted octanol–water partition coefficient (Wildman–Crippen LogP) is 3.78. The molecular formula is C19H23ClN2O3. The van der Waals surface area contributed by atoms with Crippen molar-refractivity contribution in [3.05, 3.63) is 52.5 Å². The zero-order valence-corrected chi connectivity index (χ0v) is 15.4. The Balaban J connectivity index is 1.79. The van der Waals surface area contributed by atoms with Gasteiger partial charge in [-0.05, 0) is 48.4 Å². The van der Waals surface area contributed by atoms with Crippen molar-refractivity contribution >= 4 is 23.2 Å². The lowest BCUT2D eigenvalue weighted by Crippen LogP contribution is -2.25. The monoisotopic (exact) mass is 362 g/mol. The average Bonchev–Trinajstić information content (AvgIpc) is 2.61. The zero-order valence-electron chi connectivity index (χ0n) is 14.7. The quantitative estimate of drug-likeness (QED) is 0.750. The van der Waals surface area contributed by atoms with Crippen molar-refractivity contribution in [2.45, 2.75) is 19.9 Å². The summed E-state index contributed by atoms with van der Waals surface area (Å²) in [5.74, 6) is 1.29. The average molecular weight is 363 g/mol. The topological polar surface area (TPSA) is 59.6 Å². The van der Waals surface area contributed by atoms with Gasteiger partial charge in [-0.3, -0.25) is 4.79 Å².